The average Bonchev–Trinajstić information content (AvgIpc) is 3.33. The highest BCUT2D eigenvalue weighted by molar-refractivity contribution is 6.74. The molecule has 0 bridgehead atoms. The minimum absolute atomic E-state index is 0.0569. The molecule has 0 saturated heterocycles. The number of alkyl halides is 3. The Bertz CT molecular complexity index is 1360. The second kappa shape index (κ2) is 12.7. The van der Waals surface area contributed by atoms with E-state index in [9.17, 15) is 23.1 Å². The fraction of sp³-hybridized carbons (Fsp3) is 0.567. The smallest absolute Gasteiger partial charge is 0.433 e. The normalized spacial score (nSPS) is 18.3. The number of anilines is 1. The highest BCUT2D eigenvalue weighted by Gasteiger charge is 2.37. The molecule has 230 valence electrons. The third-order valence-electron chi connectivity index (χ3n) is 8.44. The zero-order valence-electron chi connectivity index (χ0n) is 24.9. The highest BCUT2D eigenvalue weighted by atomic mass is 28.4. The van der Waals surface area contributed by atoms with E-state index in [1.165, 1.54) is 6.07 Å². The van der Waals surface area contributed by atoms with Crippen molar-refractivity contribution in [3.05, 3.63) is 47.9 Å². The van der Waals surface area contributed by atoms with Crippen LogP contribution in [0.2, 0.25) is 18.1 Å². The number of aromatic nitrogens is 3. The number of rotatable bonds is 10. The number of pyridine rings is 1. The molecule has 1 fully saturated rings. The minimum Gasteiger partial charge on any atom is -0.489 e. The monoisotopic (exact) mass is 606 g/mol. The predicted molar refractivity (Wildman–Crippen MR) is 158 cm³/mol. The van der Waals surface area contributed by atoms with Crippen molar-refractivity contribution < 1.29 is 32.2 Å². The third kappa shape index (κ3) is 7.90. The van der Waals surface area contributed by atoms with Crippen LogP contribution in [0, 0.1) is 5.92 Å². The molecule has 42 heavy (non-hydrogen) atoms. The van der Waals surface area contributed by atoms with Gasteiger partial charge in [0.15, 0.2) is 8.32 Å². The minimum atomic E-state index is -4.54. The van der Waals surface area contributed by atoms with E-state index in [1.54, 1.807) is 6.07 Å². The Labute approximate surface area is 245 Å². The number of aliphatic hydroxyl groups is 1. The molecular formula is C30H41F3N4O4Si. The standard InChI is InChI=1S/C30H41F3N4O4Si/c1-29(2,3)42(4,5)41-13-12-40-26-16-24-22(18-37(36-24)23-9-6-20(19-38)7-10-23)15-25(26)35-28(39)14-21-8-11-27(34-17-21)30(31,32)33/h8,11,15-18,20,23,38H,6-7,9-10,12-14,19H2,1-5H3,(H,35,39). The molecule has 1 saturated carbocycles. The number of ether oxygens (including phenoxy) is 1. The second-order valence-electron chi connectivity index (χ2n) is 12.6. The highest BCUT2D eigenvalue weighted by Crippen LogP contribution is 2.37. The van der Waals surface area contributed by atoms with Crippen LogP contribution in [0.3, 0.4) is 0 Å². The van der Waals surface area contributed by atoms with E-state index >= 15 is 0 Å². The zero-order valence-corrected chi connectivity index (χ0v) is 25.9. The number of hydrogen-bond acceptors (Lipinski definition) is 6. The van der Waals surface area contributed by atoms with Gasteiger partial charge in [-0.05, 0) is 67.4 Å². The predicted octanol–water partition coefficient (Wildman–Crippen LogP) is 6.76. The number of nitrogens with one attached hydrogen (secondary N) is 1. The lowest BCUT2D eigenvalue weighted by atomic mass is 9.87. The number of hydrogen-bond donors (Lipinski definition) is 2. The SMILES string of the molecule is CC(C)(C)[Si](C)(C)OCCOc1cc2nn(C3CCC(CO)CC3)cc2cc1NC(=O)Cc1ccc(C(F)(F)F)nc1. The lowest BCUT2D eigenvalue weighted by Gasteiger charge is -2.36. The largest absolute Gasteiger partial charge is 0.489 e. The van der Waals surface area contributed by atoms with Gasteiger partial charge in [0.1, 0.15) is 18.1 Å². The summed E-state index contributed by atoms with van der Waals surface area (Å²) >= 11 is 0. The fourth-order valence-electron chi connectivity index (χ4n) is 4.81. The molecule has 4 rings (SSSR count). The zero-order chi connectivity index (χ0) is 30.7. The van der Waals surface area contributed by atoms with Crippen molar-refractivity contribution in [2.24, 2.45) is 5.92 Å². The molecule has 1 aliphatic carbocycles. The first-order valence-electron chi connectivity index (χ1n) is 14.4. The van der Waals surface area contributed by atoms with Crippen molar-refractivity contribution in [2.75, 3.05) is 25.1 Å². The van der Waals surface area contributed by atoms with Gasteiger partial charge in [-0.2, -0.15) is 18.3 Å². The Balaban J connectivity index is 1.52. The van der Waals surface area contributed by atoms with E-state index in [2.05, 4.69) is 44.2 Å². The van der Waals surface area contributed by atoms with Gasteiger partial charge in [-0.15, -0.1) is 0 Å². The van der Waals surface area contributed by atoms with Crippen molar-refractivity contribution in [1.29, 1.82) is 0 Å². The maximum Gasteiger partial charge on any atom is 0.433 e. The molecule has 0 atom stereocenters. The van der Waals surface area contributed by atoms with E-state index in [0.29, 0.717) is 29.5 Å². The maximum absolute atomic E-state index is 13.0. The van der Waals surface area contributed by atoms with Gasteiger partial charge >= 0.3 is 6.18 Å². The van der Waals surface area contributed by atoms with Crippen molar-refractivity contribution in [2.45, 2.75) is 83.2 Å². The quantitative estimate of drug-likeness (QED) is 0.196. The number of benzene rings is 1. The molecule has 3 aromatic rings. The Morgan fingerprint density at radius 1 is 1.12 bits per heavy atom. The van der Waals surface area contributed by atoms with Crippen LogP contribution in [0.15, 0.2) is 36.7 Å². The molecule has 1 amide bonds. The van der Waals surface area contributed by atoms with Crippen molar-refractivity contribution >= 4 is 30.8 Å². The number of carbonyl (C=O) groups is 1. The number of fused-ring (bicyclic) bond motifs is 1. The molecule has 1 aliphatic rings. The summed E-state index contributed by atoms with van der Waals surface area (Å²) in [6.07, 6.45) is 2.08. The summed E-state index contributed by atoms with van der Waals surface area (Å²) in [6, 6.07) is 5.96. The molecule has 0 unspecified atom stereocenters. The Hall–Kier alpha value is -2.96. The van der Waals surface area contributed by atoms with Crippen LogP contribution in [0.1, 0.15) is 63.8 Å². The van der Waals surface area contributed by atoms with Crippen LogP contribution < -0.4 is 10.1 Å². The van der Waals surface area contributed by atoms with Gasteiger partial charge in [0.05, 0.1) is 30.3 Å². The van der Waals surface area contributed by atoms with E-state index in [-0.39, 0.29) is 30.7 Å². The van der Waals surface area contributed by atoms with Gasteiger partial charge < -0.3 is 19.6 Å². The van der Waals surface area contributed by atoms with Crippen LogP contribution in [-0.4, -0.2) is 53.9 Å². The molecule has 2 aromatic heterocycles. The number of halogens is 3. The second-order valence-corrected chi connectivity index (χ2v) is 17.4. The first kappa shape index (κ1) is 32.0. The maximum atomic E-state index is 13.0. The van der Waals surface area contributed by atoms with Gasteiger partial charge in [-0.3, -0.25) is 14.5 Å². The van der Waals surface area contributed by atoms with Crippen LogP contribution >= 0.6 is 0 Å². The molecule has 2 N–H and O–H groups in total. The van der Waals surface area contributed by atoms with E-state index in [1.807, 2.05) is 16.9 Å². The van der Waals surface area contributed by atoms with Gasteiger partial charge in [-0.25, -0.2) is 0 Å². The molecule has 0 aliphatic heterocycles. The van der Waals surface area contributed by atoms with Gasteiger partial charge in [0.2, 0.25) is 5.91 Å². The van der Waals surface area contributed by atoms with E-state index in [0.717, 1.165) is 48.8 Å². The average molecular weight is 607 g/mol. The summed E-state index contributed by atoms with van der Waals surface area (Å²) < 4.78 is 52.9. The molecule has 12 heteroatoms. The number of nitrogens with zero attached hydrogens (tertiary/aromatic N) is 3. The fourth-order valence-corrected chi connectivity index (χ4v) is 5.84. The van der Waals surface area contributed by atoms with Crippen LogP contribution in [-0.2, 0) is 21.8 Å². The van der Waals surface area contributed by atoms with E-state index in [4.69, 9.17) is 14.3 Å². The lowest BCUT2D eigenvalue weighted by Crippen LogP contribution is -2.41. The number of amides is 1. The summed E-state index contributed by atoms with van der Waals surface area (Å²) in [5.41, 5.74) is 0.528. The number of carbonyl (C=O) groups excluding carboxylic acids is 1. The number of aliphatic hydroxyl groups excluding tert-OH is 1. The van der Waals surface area contributed by atoms with E-state index < -0.39 is 26.1 Å². The van der Waals surface area contributed by atoms with Gasteiger partial charge in [0.25, 0.3) is 0 Å². The molecule has 1 aromatic carbocycles. The summed E-state index contributed by atoms with van der Waals surface area (Å²) in [5, 5.41) is 18.0. The topological polar surface area (TPSA) is 98.5 Å². The summed E-state index contributed by atoms with van der Waals surface area (Å²) in [6.45, 7) is 11.7. The Morgan fingerprint density at radius 3 is 2.43 bits per heavy atom. The summed E-state index contributed by atoms with van der Waals surface area (Å²) in [5.74, 6) is 0.365. The van der Waals surface area contributed by atoms with Crippen molar-refractivity contribution in [3.8, 4) is 5.75 Å². The molecule has 2 heterocycles. The first-order valence-corrected chi connectivity index (χ1v) is 17.3. The van der Waals surface area contributed by atoms with Gasteiger partial charge in [-0.1, -0.05) is 26.8 Å². The summed E-state index contributed by atoms with van der Waals surface area (Å²) in [4.78, 5) is 16.4. The Kier molecular flexibility index (Phi) is 9.68. The van der Waals surface area contributed by atoms with Crippen LogP contribution in [0.25, 0.3) is 10.9 Å². The van der Waals surface area contributed by atoms with Gasteiger partial charge in [0, 0.05) is 30.5 Å². The van der Waals surface area contributed by atoms with Crippen molar-refractivity contribution in [1.82, 2.24) is 14.8 Å². The van der Waals surface area contributed by atoms with Crippen molar-refractivity contribution in [3.63, 3.8) is 0 Å². The Morgan fingerprint density at radius 2 is 1.83 bits per heavy atom. The van der Waals surface area contributed by atoms with Crippen LogP contribution in [0.5, 0.6) is 5.75 Å². The molecule has 0 radical (unpaired) electrons. The lowest BCUT2D eigenvalue weighted by molar-refractivity contribution is -0.141. The molecule has 0 spiro atoms. The molecule has 8 nitrogen and oxygen atoms in total. The first-order chi connectivity index (χ1) is 19.7. The van der Waals surface area contributed by atoms with Crippen LogP contribution in [0.4, 0.5) is 18.9 Å². The summed E-state index contributed by atoms with van der Waals surface area (Å²) in [7, 11) is -1.97. The third-order valence-corrected chi connectivity index (χ3v) is 13.0. The molecular weight excluding hydrogens is 565 g/mol.